The van der Waals surface area contributed by atoms with Crippen LogP contribution >= 0.6 is 0 Å². The van der Waals surface area contributed by atoms with E-state index in [-0.39, 0.29) is 27.1 Å². The fraction of sp³-hybridized carbons (Fsp3) is 0.904. The Balaban J connectivity index is -0.00000144. The van der Waals surface area contributed by atoms with Crippen molar-refractivity contribution in [2.45, 2.75) is 386 Å². The van der Waals surface area contributed by atoms with Gasteiger partial charge in [0.15, 0.2) is 0 Å². The second-order valence-corrected chi connectivity index (χ2v) is 40.8. The van der Waals surface area contributed by atoms with Gasteiger partial charge in [-0.3, -0.25) is 9.88 Å². The summed E-state index contributed by atoms with van der Waals surface area (Å²) in [5.74, 6) is 3.04. The molecule has 140 heavy (non-hydrogen) atoms. The number of aliphatic hydroxyl groups is 3. The zero-order valence-electron chi connectivity index (χ0n) is 94.0. The van der Waals surface area contributed by atoms with Crippen LogP contribution in [-0.4, -0.2) is 397 Å². The van der Waals surface area contributed by atoms with Gasteiger partial charge >= 0.3 is 0 Å². The van der Waals surface area contributed by atoms with E-state index in [4.69, 9.17) is 33.9 Å². The summed E-state index contributed by atoms with van der Waals surface area (Å²) in [7, 11) is 33.3. The minimum Gasteiger partial charge on any atom is -0.395 e. The fourth-order valence-corrected chi connectivity index (χ4v) is 18.6. The van der Waals surface area contributed by atoms with Crippen LogP contribution in [0.5, 0.6) is 0 Å². The van der Waals surface area contributed by atoms with E-state index in [2.05, 4.69) is 201 Å². The smallest absolute Gasteiger partial charge is 0.261 e. The molecule has 4 unspecified atom stereocenters. The standard InChI is InChI=1S/C12H24N2.C11H16N2.C10H14N2.C8H17NO.C8H17N.C7H15NO.3C7H15N.C7H14O.C6H12O2.C5H11N.C5H10O2.C4H11NO.C3H6F2O.C3H8O.C2H6.2CH4/c1-13-7-5-6-12(10-13)11-14-8-3-2-4-9-14;1-12-7-9-13(10-8-12)11-5-3-2-4-6-11;1-12-8-2-3-10(12)9-4-6-11-7-5-9;1-9-7-8(10)5-3-2-4-6-8;1-3-8(9-2)6-7-4-5-7;1-8-5-3-2-4-7(8)6-9;2*1-7-5-3-4-6-8(7)2;1-3-7(8-2)6-4-5-6;1-8-7-5-3-2-4-6-7;1-7-6-2-4-8-5-3-6;1-6-5-3-2-4-5;1-6-5-2-3-7-4-5;1-5(2)3-4-6;1-6-2-3(4)5;1-3-4-2;1-2;;/h12H,2-11H2,1H3;2-6H,7-10H2,1H3;4-7,10H,2-3,8H2,1H3;9-10H,2-7H2,1H3;7-9H,3-6H2,1-2H3;7,9H,2-6H2,1H3;2*7H,3-6H2,1-2H3;6-8H,3-5H2,1-2H3;7H,2-6H2,1H3;6H,2-5H2,1H3;5-6H,2-4H2,1H3;5H,2-4H2,1H3;6H,3-4H2,1-2H3;3H,2H2,1H3;3H2,1-2H3;1-2H3;2*1H4/t;;;;;;3*7-;;;;5-;;;;;;/m......101...1....../s1. The van der Waals surface area contributed by atoms with Crippen molar-refractivity contribution >= 4 is 5.69 Å². The van der Waals surface area contributed by atoms with Gasteiger partial charge in [-0.2, -0.15) is 0 Å². The SMILES string of the molecule is C.C.CC.CCC(CC1CC1)NC.CCOC.CC[C@@H](NC)C1CC1.CN(C)CCO.CN1CCCC(CN2CCCCC2)C1.CN1CCCC1c1ccncc1.CN1CCCCC1CO.CN1CCN(c2ccccc2)CC1.CNC1CCC1.CNCC1(O)CCCCC1.COC1CCCCC1.COC1CCOCC1.COCC(F)F.CO[C@@H]1CCOC1.C[C@@H]1CCCCN1C.C[C@H]1CCCCN1C. The molecule has 0 amide bonds. The highest BCUT2D eigenvalue weighted by molar-refractivity contribution is 5.46. The lowest BCUT2D eigenvalue weighted by Gasteiger charge is -2.35. The van der Waals surface area contributed by atoms with Gasteiger partial charge in [-0.25, -0.2) is 8.78 Å². The average Bonchev–Trinajstić information content (AvgIpc) is 1.59. The molecule has 0 radical (unpaired) electrons. The zero-order valence-corrected chi connectivity index (χ0v) is 94.0. The molecule has 0 bridgehead atoms. The number of ether oxygens (including phenoxy) is 7. The van der Waals surface area contributed by atoms with Gasteiger partial charge < -0.3 is 109 Å². The maximum absolute atomic E-state index is 10.9. The first-order chi connectivity index (χ1) is 66.7. The van der Waals surface area contributed by atoms with Crippen LogP contribution in [0.15, 0.2) is 54.9 Å². The number of likely N-dealkylation sites (N-methyl/N-ethyl adjacent to an activating group) is 4. The Morgan fingerprint density at radius 1 is 0.507 bits per heavy atom. The maximum Gasteiger partial charge on any atom is 0.261 e. The van der Waals surface area contributed by atoms with Gasteiger partial charge in [0.1, 0.15) is 6.61 Å². The van der Waals surface area contributed by atoms with Crippen LogP contribution in [0, 0.1) is 17.8 Å². The molecule has 1 aromatic heterocycles. The molecule has 1 aromatic carbocycles. The fourth-order valence-electron chi connectivity index (χ4n) is 18.6. The van der Waals surface area contributed by atoms with Crippen molar-refractivity contribution in [3.63, 3.8) is 0 Å². The molecule has 24 nitrogen and oxygen atoms in total. The second-order valence-electron chi connectivity index (χ2n) is 40.8. The number of nitrogens with zero attached hydrogens (tertiary/aromatic N) is 10. The molecule has 0 spiro atoms. The summed E-state index contributed by atoms with van der Waals surface area (Å²) in [6, 6.07) is 20.1. The molecule has 7 N–H and O–H groups in total. The van der Waals surface area contributed by atoms with Crippen LogP contribution in [0.2, 0.25) is 0 Å². The van der Waals surface area contributed by atoms with Crippen molar-refractivity contribution in [3.8, 4) is 0 Å². The Hall–Kier alpha value is -2.85. The number of piperidine rings is 5. The third kappa shape index (κ3) is 76.6. The highest BCUT2D eigenvalue weighted by Crippen LogP contribution is 2.35. The number of pyridine rings is 1. The molecule has 2 aromatic rings. The molecule has 9 aliphatic heterocycles. The van der Waals surface area contributed by atoms with E-state index in [1.54, 1.807) is 21.3 Å². The van der Waals surface area contributed by atoms with E-state index in [1.165, 1.54) is 302 Å². The lowest BCUT2D eigenvalue weighted by molar-refractivity contribution is -0.00999. The summed E-state index contributed by atoms with van der Waals surface area (Å²) in [5, 5.41) is 39.7. The van der Waals surface area contributed by atoms with E-state index in [0.29, 0.717) is 37.0 Å². The molecule has 9 saturated heterocycles. The Labute approximate surface area is 864 Å². The van der Waals surface area contributed by atoms with Gasteiger partial charge in [-0.15, -0.1) is 0 Å². The number of halogens is 2. The van der Waals surface area contributed by atoms with Crippen LogP contribution in [0.25, 0.3) is 0 Å². The van der Waals surface area contributed by atoms with E-state index >= 15 is 0 Å². The Morgan fingerprint density at radius 2 is 1.01 bits per heavy atom. The Bertz CT molecular complexity index is 2720. The highest BCUT2D eigenvalue weighted by Gasteiger charge is 2.31. The lowest BCUT2D eigenvalue weighted by atomic mass is 9.85. The molecule has 834 valence electrons. The third-order valence-corrected chi connectivity index (χ3v) is 29.1. The molecule has 10 heterocycles. The highest BCUT2D eigenvalue weighted by atomic mass is 19.3. The van der Waals surface area contributed by atoms with E-state index in [0.717, 1.165) is 146 Å². The van der Waals surface area contributed by atoms with Gasteiger partial charge in [0, 0.05) is 175 Å². The summed E-state index contributed by atoms with van der Waals surface area (Å²) in [6.45, 7) is 37.3. The first-order valence-corrected chi connectivity index (χ1v) is 55.6. The largest absolute Gasteiger partial charge is 0.395 e. The maximum atomic E-state index is 10.9. The molecule has 26 heteroatoms. The monoisotopic (exact) mass is 2000 g/mol. The molecular weight excluding hydrogens is 1760 g/mol. The van der Waals surface area contributed by atoms with Crippen LogP contribution in [-0.2, 0) is 33.2 Å². The average molecular weight is 2000 g/mol. The molecule has 16 rings (SSSR count). The van der Waals surface area contributed by atoms with Crippen LogP contribution in [0.1, 0.15) is 325 Å². The van der Waals surface area contributed by atoms with Crippen molar-refractivity contribution in [1.82, 2.24) is 65.5 Å². The lowest BCUT2D eigenvalue weighted by Crippen LogP contribution is -2.44. The number of hydrogen-bond acceptors (Lipinski definition) is 24. The van der Waals surface area contributed by atoms with E-state index < -0.39 is 13.0 Å². The van der Waals surface area contributed by atoms with E-state index in [9.17, 15) is 13.9 Å². The number of alkyl halides is 2. The third-order valence-electron chi connectivity index (χ3n) is 29.1. The van der Waals surface area contributed by atoms with Gasteiger partial charge in [-0.05, 0) is 366 Å². The Kier molecular flexibility index (Phi) is 96.6. The number of likely N-dealkylation sites (tertiary alicyclic amines) is 6. The van der Waals surface area contributed by atoms with Gasteiger partial charge in [0.2, 0.25) is 0 Å². The predicted molar refractivity (Wildman–Crippen MR) is 597 cm³/mol. The van der Waals surface area contributed by atoms with Crippen molar-refractivity contribution in [3.05, 3.63) is 60.4 Å². The number of piperazine rings is 1. The summed E-state index contributed by atoms with van der Waals surface area (Å²) in [4.78, 5) is 25.5. The number of anilines is 1. The molecule has 5 saturated carbocycles. The summed E-state index contributed by atoms with van der Waals surface area (Å²) in [6.07, 6.45) is 54.6. The minimum atomic E-state index is -2.32. The first-order valence-electron chi connectivity index (χ1n) is 55.6. The molecule has 8 atom stereocenters. The van der Waals surface area contributed by atoms with Crippen molar-refractivity contribution in [1.29, 1.82) is 0 Å². The number of para-hydroxylation sites is 1. The first kappa shape index (κ1) is 141. The number of methoxy groups -OCH3 is 5. The number of aromatic nitrogens is 1. The normalized spacial score (nSPS) is 23.7. The van der Waals surface area contributed by atoms with Gasteiger partial charge in [0.25, 0.3) is 6.43 Å². The number of hydrogen-bond donors (Lipinski definition) is 7. The van der Waals surface area contributed by atoms with Crippen molar-refractivity contribution < 1.29 is 57.3 Å². The van der Waals surface area contributed by atoms with E-state index in [1.807, 2.05) is 73.4 Å². The zero-order chi connectivity index (χ0) is 103. The molecular formula is C114H234F2N14O10. The Morgan fingerprint density at radius 3 is 1.36 bits per heavy atom. The number of nitrogens with one attached hydrogen (secondary N) is 4. The quantitative estimate of drug-likeness (QED) is 0.0551. The second kappa shape index (κ2) is 95.8. The van der Waals surface area contributed by atoms with Gasteiger partial charge in [-0.1, -0.05) is 144 Å². The number of rotatable bonds is 23. The molecule has 14 fully saturated rings. The summed E-state index contributed by atoms with van der Waals surface area (Å²) >= 11 is 0. The summed E-state index contributed by atoms with van der Waals surface area (Å²) in [5.41, 5.74) is 2.38. The topological polar surface area (TPSA) is 215 Å². The minimum absolute atomic E-state index is 0. The van der Waals surface area contributed by atoms with Crippen molar-refractivity contribution in [2.75, 3.05) is 276 Å². The van der Waals surface area contributed by atoms with Crippen LogP contribution in [0.4, 0.5) is 14.5 Å². The molecule has 5 aliphatic carbocycles. The van der Waals surface area contributed by atoms with Crippen LogP contribution < -0.4 is 26.2 Å². The number of benzene rings is 1. The summed E-state index contributed by atoms with van der Waals surface area (Å²) < 4.78 is 55.8. The predicted octanol–water partition coefficient (Wildman–Crippen LogP) is 20.0. The van der Waals surface area contributed by atoms with Crippen molar-refractivity contribution in [2.24, 2.45) is 17.8 Å². The molecule has 14 aliphatic rings. The number of aliphatic hydroxyl groups excluding tert-OH is 2. The van der Waals surface area contributed by atoms with Gasteiger partial charge in [0.05, 0.1) is 43.7 Å². The van der Waals surface area contributed by atoms with Crippen LogP contribution in [0.3, 0.4) is 0 Å².